The van der Waals surface area contributed by atoms with Crippen molar-refractivity contribution in [2.45, 2.75) is 148 Å². The molecule has 3 aromatic carbocycles. The maximum Gasteiger partial charge on any atom is 0.138 e. The van der Waals surface area contributed by atoms with Gasteiger partial charge in [-0.2, -0.15) is 0 Å². The minimum absolute atomic E-state index is 0.347. The Kier molecular flexibility index (Phi) is 19.8. The third kappa shape index (κ3) is 14.9. The molecule has 2 heteroatoms. The lowest BCUT2D eigenvalue weighted by molar-refractivity contribution is 0.542. The van der Waals surface area contributed by atoms with Gasteiger partial charge in [0, 0.05) is 0 Å². The molecule has 0 aliphatic carbocycles. The van der Waals surface area contributed by atoms with E-state index in [1.807, 2.05) is 0 Å². The van der Waals surface area contributed by atoms with Crippen molar-refractivity contribution in [1.29, 1.82) is 0 Å². The van der Waals surface area contributed by atoms with Gasteiger partial charge in [-0.3, -0.25) is 0 Å². The molecule has 0 aliphatic rings. The molecular weight excluding hydrogens is 636 g/mol. The monoisotopic (exact) mass is 705 g/mol. The molecule has 0 atom stereocenters. The molecule has 0 heterocycles. The van der Waals surface area contributed by atoms with E-state index in [1.165, 1.54) is 131 Å². The molecule has 0 unspecified atom stereocenters. The molecule has 0 fully saturated rings. The van der Waals surface area contributed by atoms with Crippen LogP contribution in [0.3, 0.4) is 0 Å². The second-order valence-corrected chi connectivity index (χ2v) is 24.5. The molecule has 0 N–H and O–H groups in total. The smallest absolute Gasteiger partial charge is 0.127 e. The zero-order valence-corrected chi connectivity index (χ0v) is 34.5. The van der Waals surface area contributed by atoms with Crippen LogP contribution in [0.15, 0.2) is 115 Å². The quantitative estimate of drug-likeness (QED) is 0.0303. The minimum Gasteiger partial charge on any atom is -0.127 e. The van der Waals surface area contributed by atoms with Crippen molar-refractivity contribution >= 4 is 31.2 Å². The lowest BCUT2D eigenvalue weighted by atomic mass is 10.0. The van der Waals surface area contributed by atoms with Gasteiger partial charge < -0.3 is 0 Å². The third-order valence-electron chi connectivity index (χ3n) is 10.8. The van der Waals surface area contributed by atoms with Crippen molar-refractivity contribution in [3.8, 4) is 11.5 Å². The molecule has 0 saturated carbocycles. The number of unbranched alkanes of at least 4 members (excludes halogenated alkanes) is 15. The molecule has 0 saturated heterocycles. The molecule has 3 aromatic rings. The second kappa shape index (κ2) is 23.8. The van der Waals surface area contributed by atoms with Gasteiger partial charge in [-0.15, -0.1) is 5.54 Å². The van der Waals surface area contributed by atoms with Gasteiger partial charge in [0.05, 0.1) is 6.16 Å². The summed E-state index contributed by atoms with van der Waals surface area (Å²) in [7, 11) is -3.15. The lowest BCUT2D eigenvalue weighted by Crippen LogP contribution is -2.35. The van der Waals surface area contributed by atoms with Gasteiger partial charge >= 0.3 is 0 Å². The number of benzene rings is 3. The van der Waals surface area contributed by atoms with Crippen molar-refractivity contribution < 1.29 is 0 Å². The van der Waals surface area contributed by atoms with E-state index in [0.29, 0.717) is 5.04 Å². The maximum atomic E-state index is 3.58. The van der Waals surface area contributed by atoms with Gasteiger partial charge in [0.25, 0.3) is 0 Å². The molecule has 0 nitrogen and oxygen atoms in total. The van der Waals surface area contributed by atoms with Crippen LogP contribution in [0.2, 0.25) is 18.1 Å². The molecule has 0 aliphatic heterocycles. The van der Waals surface area contributed by atoms with Gasteiger partial charge in [0.2, 0.25) is 0 Å². The van der Waals surface area contributed by atoms with E-state index in [0.717, 1.165) is 0 Å². The topological polar surface area (TPSA) is 0 Å². The van der Waals surface area contributed by atoms with Crippen LogP contribution in [0.4, 0.5) is 0 Å². The van der Waals surface area contributed by atoms with Gasteiger partial charge in [-0.25, -0.2) is 0 Å². The SMILES string of the molecule is CC(C)(C)[Si](C)(C)C#C/C=C\CCCCCCCCCCCCCC/C=C\CCCC[P+](c1ccccc1)(c1ccccc1)c1ccccc1. The highest BCUT2D eigenvalue weighted by Crippen LogP contribution is 2.56. The van der Waals surface area contributed by atoms with Crippen LogP contribution in [0, 0.1) is 11.5 Å². The van der Waals surface area contributed by atoms with E-state index < -0.39 is 15.3 Å². The normalized spacial score (nSPS) is 12.4. The summed E-state index contributed by atoms with van der Waals surface area (Å²) in [5, 5.41) is 4.85. The fourth-order valence-electron chi connectivity index (χ4n) is 6.57. The van der Waals surface area contributed by atoms with Crippen LogP contribution in [0.5, 0.6) is 0 Å². The number of hydrogen-bond donors (Lipinski definition) is 0. The van der Waals surface area contributed by atoms with Crippen LogP contribution in [0.25, 0.3) is 0 Å². The third-order valence-corrected chi connectivity index (χ3v) is 19.9. The highest BCUT2D eigenvalue weighted by atomic mass is 31.2. The summed E-state index contributed by atoms with van der Waals surface area (Å²) in [5.41, 5.74) is 3.58. The van der Waals surface area contributed by atoms with E-state index in [2.05, 4.69) is 161 Å². The standard InChI is InChI=1S/C48H70PSi/c1-48(2,3)50(4,5)44-36-25-23-21-19-17-15-13-11-9-7-6-8-10-12-14-16-18-20-22-24-35-43-49(45-37-29-26-30-38-45,46-39-31-27-32-40-46)47-41-33-28-34-42-47/h18,20,23,25-34,37-42H,6-17,19,21-22,24,35,43H2,1-5H3/q+1/b20-18-,25-23-. The molecule has 3 rings (SSSR count). The van der Waals surface area contributed by atoms with Crippen molar-refractivity contribution in [3.05, 3.63) is 115 Å². The molecule has 0 spiro atoms. The number of hydrogen-bond acceptors (Lipinski definition) is 0. The van der Waals surface area contributed by atoms with Crippen LogP contribution >= 0.6 is 7.26 Å². The van der Waals surface area contributed by atoms with Crippen molar-refractivity contribution in [3.63, 3.8) is 0 Å². The summed E-state index contributed by atoms with van der Waals surface area (Å²) in [6.45, 7) is 11.8. The molecule has 50 heavy (non-hydrogen) atoms. The second-order valence-electron chi connectivity index (χ2n) is 15.9. The van der Waals surface area contributed by atoms with Crippen LogP contribution < -0.4 is 15.9 Å². The van der Waals surface area contributed by atoms with Gasteiger partial charge in [0.1, 0.15) is 31.2 Å². The zero-order chi connectivity index (χ0) is 35.8. The van der Waals surface area contributed by atoms with Crippen molar-refractivity contribution in [2.24, 2.45) is 0 Å². The Hall–Kier alpha value is -2.65. The van der Waals surface area contributed by atoms with E-state index in [9.17, 15) is 0 Å². The Morgan fingerprint density at radius 3 is 1.20 bits per heavy atom. The Labute approximate surface area is 311 Å². The highest BCUT2D eigenvalue weighted by molar-refractivity contribution is 7.95. The minimum atomic E-state index is -1.69. The first kappa shape index (κ1) is 41.8. The van der Waals surface area contributed by atoms with Gasteiger partial charge in [-0.1, -0.05) is 177 Å². The van der Waals surface area contributed by atoms with E-state index >= 15 is 0 Å². The zero-order valence-electron chi connectivity index (χ0n) is 32.6. The first-order valence-electron chi connectivity index (χ1n) is 20.1. The molecule has 0 aromatic heterocycles. The number of rotatable bonds is 23. The van der Waals surface area contributed by atoms with Gasteiger partial charge in [0.15, 0.2) is 0 Å². The summed E-state index contributed by atoms with van der Waals surface area (Å²) in [4.78, 5) is 0. The predicted molar refractivity (Wildman–Crippen MR) is 232 cm³/mol. The first-order chi connectivity index (χ1) is 24.3. The fraction of sp³-hybridized carbons (Fsp3) is 0.500. The Morgan fingerprint density at radius 1 is 0.480 bits per heavy atom. The maximum absolute atomic E-state index is 3.58. The van der Waals surface area contributed by atoms with Crippen LogP contribution in [-0.2, 0) is 0 Å². The van der Waals surface area contributed by atoms with E-state index in [1.54, 1.807) is 0 Å². The summed E-state index contributed by atoms with van der Waals surface area (Å²) in [6, 6.07) is 34.0. The average Bonchev–Trinajstić information content (AvgIpc) is 3.12. The van der Waals surface area contributed by atoms with Gasteiger partial charge in [-0.05, 0) is 92.5 Å². The Bertz CT molecular complexity index is 1310. The largest absolute Gasteiger partial charge is 0.138 e. The molecule has 0 radical (unpaired) electrons. The molecule has 0 bridgehead atoms. The Balaban J connectivity index is 1.20. The molecule has 270 valence electrons. The van der Waals surface area contributed by atoms with Crippen LogP contribution in [0.1, 0.15) is 130 Å². The Morgan fingerprint density at radius 2 is 0.820 bits per heavy atom. The summed E-state index contributed by atoms with van der Waals surface area (Å²) >= 11 is 0. The van der Waals surface area contributed by atoms with Crippen molar-refractivity contribution in [1.82, 2.24) is 0 Å². The highest BCUT2D eigenvalue weighted by Gasteiger charge is 2.44. The van der Waals surface area contributed by atoms with E-state index in [-0.39, 0.29) is 0 Å². The summed E-state index contributed by atoms with van der Waals surface area (Å²) in [6.07, 6.45) is 33.4. The first-order valence-corrected chi connectivity index (χ1v) is 25.1. The number of allylic oxidation sites excluding steroid dienone is 4. The fourth-order valence-corrected chi connectivity index (χ4v) is 11.8. The summed E-state index contributed by atoms with van der Waals surface area (Å²) < 4.78 is 0. The molecule has 0 amide bonds. The van der Waals surface area contributed by atoms with Crippen molar-refractivity contribution in [2.75, 3.05) is 6.16 Å². The average molecular weight is 706 g/mol. The predicted octanol–water partition coefficient (Wildman–Crippen LogP) is 13.8. The molecular formula is C48H70PSi+. The lowest BCUT2D eigenvalue weighted by Gasteiger charge is -2.31. The van der Waals surface area contributed by atoms with E-state index in [4.69, 9.17) is 0 Å². The summed E-state index contributed by atoms with van der Waals surface area (Å²) in [5.74, 6) is 3.34. The van der Waals surface area contributed by atoms with Crippen LogP contribution in [-0.4, -0.2) is 14.2 Å².